The predicted molar refractivity (Wildman–Crippen MR) is 167 cm³/mol. The number of hydrogen-bond acceptors (Lipinski definition) is 8. The summed E-state index contributed by atoms with van der Waals surface area (Å²) in [5.41, 5.74) is 0.922. The van der Waals surface area contributed by atoms with Crippen LogP contribution in [0, 0.1) is 5.41 Å². The molecule has 2 aliphatic heterocycles. The van der Waals surface area contributed by atoms with E-state index in [1.807, 2.05) is 29.2 Å². The number of para-hydroxylation sites is 1. The Labute approximate surface area is 259 Å². The number of carbonyl (C=O) groups is 4. The molecule has 8 heteroatoms. The summed E-state index contributed by atoms with van der Waals surface area (Å²) in [6, 6.07) is 24.1. The third-order valence-corrected chi connectivity index (χ3v) is 9.14. The summed E-state index contributed by atoms with van der Waals surface area (Å²) in [5.74, 6) is -1.47. The lowest BCUT2D eigenvalue weighted by Crippen LogP contribution is -2.48. The second kappa shape index (κ2) is 10.6. The van der Waals surface area contributed by atoms with Gasteiger partial charge in [-0.3, -0.25) is 19.2 Å². The van der Waals surface area contributed by atoms with Gasteiger partial charge in [0, 0.05) is 46.7 Å². The summed E-state index contributed by atoms with van der Waals surface area (Å²) in [4.78, 5) is 58.9. The second-order valence-corrected chi connectivity index (χ2v) is 11.3. The Morgan fingerprint density at radius 2 is 1.47 bits per heavy atom. The molecule has 0 bridgehead atoms. The molecular formula is C37H29NO7. The van der Waals surface area contributed by atoms with Crippen LogP contribution in [-0.2, 0) is 4.79 Å². The Kier molecular flexibility index (Phi) is 6.66. The van der Waals surface area contributed by atoms with Crippen LogP contribution in [0.25, 0.3) is 6.08 Å². The van der Waals surface area contributed by atoms with Crippen molar-refractivity contribution >= 4 is 35.1 Å². The fraction of sp³-hybridized carbons (Fsp3) is 0.189. The Hall–Kier alpha value is -5.50. The van der Waals surface area contributed by atoms with Crippen molar-refractivity contribution in [1.82, 2.24) is 0 Å². The van der Waals surface area contributed by atoms with Crippen molar-refractivity contribution in [1.29, 1.82) is 0 Å². The van der Waals surface area contributed by atoms with E-state index >= 15 is 0 Å². The third-order valence-electron chi connectivity index (χ3n) is 9.14. The Morgan fingerprint density at radius 3 is 2.11 bits per heavy atom. The molecule has 0 radical (unpaired) electrons. The van der Waals surface area contributed by atoms with E-state index in [0.717, 1.165) is 0 Å². The van der Waals surface area contributed by atoms with Crippen LogP contribution in [0.1, 0.15) is 55.0 Å². The lowest BCUT2D eigenvalue weighted by atomic mass is 9.64. The Morgan fingerprint density at radius 1 is 0.778 bits per heavy atom. The number of benzene rings is 4. The molecule has 0 unspecified atom stereocenters. The van der Waals surface area contributed by atoms with Crippen LogP contribution >= 0.6 is 0 Å². The molecule has 1 spiro atoms. The van der Waals surface area contributed by atoms with Crippen LogP contribution < -0.4 is 19.1 Å². The van der Waals surface area contributed by atoms with Crippen LogP contribution in [-0.4, -0.2) is 49.6 Å². The summed E-state index contributed by atoms with van der Waals surface area (Å²) in [6.45, 7) is 1.30. The normalized spacial score (nSPS) is 20.4. The number of ether oxygens (including phenoxy) is 3. The van der Waals surface area contributed by atoms with E-state index in [-0.39, 0.29) is 23.1 Å². The smallest absolute Gasteiger partial charge is 0.308 e. The average Bonchev–Trinajstić information content (AvgIpc) is 3.49. The van der Waals surface area contributed by atoms with Gasteiger partial charge in [0.2, 0.25) is 0 Å². The zero-order valence-corrected chi connectivity index (χ0v) is 24.9. The highest BCUT2D eigenvalue weighted by atomic mass is 16.5. The molecule has 2 heterocycles. The van der Waals surface area contributed by atoms with E-state index in [2.05, 4.69) is 0 Å². The number of methoxy groups -OCH3 is 2. The van der Waals surface area contributed by atoms with Gasteiger partial charge in [-0.25, -0.2) is 0 Å². The van der Waals surface area contributed by atoms with Crippen LogP contribution in [0.4, 0.5) is 5.69 Å². The van der Waals surface area contributed by atoms with Gasteiger partial charge >= 0.3 is 5.97 Å². The molecule has 45 heavy (non-hydrogen) atoms. The number of nitrogens with zero attached hydrogens (tertiary/aromatic N) is 1. The molecule has 0 amide bonds. The monoisotopic (exact) mass is 599 g/mol. The number of anilines is 1. The number of fused-ring (bicyclic) bond motifs is 5. The summed E-state index contributed by atoms with van der Waals surface area (Å²) < 4.78 is 17.0. The SMILES string of the molecule is COc1ccc([C@@H]2[C@H](C(=O)c3ccccc3)N3c4c(cccc4OC(C)=O)C=C[C@H]3C23C(=O)c2ccccc2C3=O)c(OC)c1. The number of esters is 1. The maximum atomic E-state index is 14.9. The maximum Gasteiger partial charge on any atom is 0.308 e. The number of Topliss-reactive ketones (excluding diaryl/α,β-unsaturated/α-hetero) is 3. The third kappa shape index (κ3) is 3.98. The highest BCUT2D eigenvalue weighted by molar-refractivity contribution is 6.32. The quantitative estimate of drug-likeness (QED) is 0.116. The molecule has 224 valence electrons. The molecule has 3 aliphatic rings. The first-order valence-electron chi connectivity index (χ1n) is 14.6. The Bertz CT molecular complexity index is 1890. The van der Waals surface area contributed by atoms with Gasteiger partial charge in [0.15, 0.2) is 23.1 Å². The molecule has 3 atom stereocenters. The van der Waals surface area contributed by atoms with Crippen LogP contribution in [0.15, 0.2) is 97.1 Å². The average molecular weight is 600 g/mol. The summed E-state index contributed by atoms with van der Waals surface area (Å²) in [7, 11) is 3.04. The highest BCUT2D eigenvalue weighted by Crippen LogP contribution is 2.63. The van der Waals surface area contributed by atoms with Crippen molar-refractivity contribution in [3.05, 3.63) is 125 Å². The van der Waals surface area contributed by atoms with Crippen LogP contribution in [0.2, 0.25) is 0 Å². The first-order chi connectivity index (χ1) is 21.8. The van der Waals surface area contributed by atoms with Gasteiger partial charge in [-0.2, -0.15) is 0 Å². The number of hydrogen-bond donors (Lipinski definition) is 0. The summed E-state index contributed by atoms with van der Waals surface area (Å²) in [6.07, 6.45) is 3.65. The van der Waals surface area contributed by atoms with Crippen molar-refractivity contribution in [2.75, 3.05) is 19.1 Å². The van der Waals surface area contributed by atoms with Crippen LogP contribution in [0.5, 0.6) is 17.2 Å². The van der Waals surface area contributed by atoms with Crippen LogP contribution in [0.3, 0.4) is 0 Å². The standard InChI is InChI=1S/C37H29NO7/c1-21(39)45-28-15-9-12-22-16-19-30-37(35(41)25-13-7-8-14-26(25)36(37)42)31(27-18-17-24(43-2)20-29(27)44-3)33(38(30)32(22)28)34(40)23-10-5-4-6-11-23/h4-20,30-31,33H,1-3H3/t30-,31+,33+/m0/s1. The van der Waals surface area contributed by atoms with E-state index in [1.165, 1.54) is 21.1 Å². The van der Waals surface area contributed by atoms with E-state index in [1.54, 1.807) is 78.9 Å². The first-order valence-corrected chi connectivity index (χ1v) is 14.6. The molecule has 1 aliphatic carbocycles. The molecule has 0 N–H and O–H groups in total. The van der Waals surface area contributed by atoms with Crippen molar-refractivity contribution < 1.29 is 33.4 Å². The van der Waals surface area contributed by atoms with Gasteiger partial charge in [-0.05, 0) is 12.1 Å². The summed E-state index contributed by atoms with van der Waals surface area (Å²) in [5, 5.41) is 0. The fourth-order valence-electron chi connectivity index (χ4n) is 7.41. The zero-order chi connectivity index (χ0) is 31.5. The fourth-order valence-corrected chi connectivity index (χ4v) is 7.41. The highest BCUT2D eigenvalue weighted by Gasteiger charge is 2.72. The minimum atomic E-state index is -1.75. The molecule has 0 saturated carbocycles. The molecular weight excluding hydrogens is 570 g/mol. The van der Waals surface area contributed by atoms with E-state index < -0.39 is 29.4 Å². The summed E-state index contributed by atoms with van der Waals surface area (Å²) >= 11 is 0. The van der Waals surface area contributed by atoms with Gasteiger partial charge in [0.25, 0.3) is 0 Å². The van der Waals surface area contributed by atoms with Gasteiger partial charge < -0.3 is 19.1 Å². The van der Waals surface area contributed by atoms with Gasteiger partial charge in [0.05, 0.1) is 25.9 Å². The minimum absolute atomic E-state index is 0.230. The van der Waals surface area contributed by atoms with Gasteiger partial charge in [-0.1, -0.05) is 84.9 Å². The van der Waals surface area contributed by atoms with Gasteiger partial charge in [-0.15, -0.1) is 0 Å². The predicted octanol–water partition coefficient (Wildman–Crippen LogP) is 5.95. The molecule has 0 aromatic heterocycles. The van der Waals surface area contributed by atoms with Crippen molar-refractivity contribution in [2.45, 2.75) is 24.9 Å². The molecule has 1 fully saturated rings. The van der Waals surface area contributed by atoms with Crippen molar-refractivity contribution in [3.8, 4) is 17.2 Å². The number of carbonyl (C=O) groups excluding carboxylic acids is 4. The largest absolute Gasteiger partial charge is 0.497 e. The first kappa shape index (κ1) is 28.3. The molecule has 4 aromatic carbocycles. The van der Waals surface area contributed by atoms with E-state index in [9.17, 15) is 19.2 Å². The molecule has 7 rings (SSSR count). The lowest BCUT2D eigenvalue weighted by molar-refractivity contribution is -0.131. The maximum absolute atomic E-state index is 14.9. The van der Waals surface area contributed by atoms with E-state index in [0.29, 0.717) is 45.0 Å². The van der Waals surface area contributed by atoms with Crippen molar-refractivity contribution in [2.24, 2.45) is 5.41 Å². The number of rotatable bonds is 6. The zero-order valence-electron chi connectivity index (χ0n) is 24.9. The second-order valence-electron chi connectivity index (χ2n) is 11.3. The molecule has 4 aromatic rings. The Balaban J connectivity index is 1.59. The minimum Gasteiger partial charge on any atom is -0.497 e. The molecule has 1 saturated heterocycles. The van der Waals surface area contributed by atoms with Crippen molar-refractivity contribution in [3.63, 3.8) is 0 Å². The van der Waals surface area contributed by atoms with Gasteiger partial charge in [0.1, 0.15) is 23.0 Å². The molecule has 8 nitrogen and oxygen atoms in total. The topological polar surface area (TPSA) is 99.2 Å². The lowest BCUT2D eigenvalue weighted by Gasteiger charge is -2.37. The number of ketones is 3. The van der Waals surface area contributed by atoms with E-state index in [4.69, 9.17) is 14.2 Å².